The highest BCUT2D eigenvalue weighted by molar-refractivity contribution is 5.90. The van der Waals surface area contributed by atoms with Gasteiger partial charge in [0.15, 0.2) is 0 Å². The second-order valence-corrected chi connectivity index (χ2v) is 14.9. The Morgan fingerprint density at radius 2 is 1.67 bits per heavy atom. The fraction of sp³-hybridized carbons (Fsp3) is 0.737. The largest absolute Gasteiger partial charge is 0.379 e. The third-order valence-electron chi connectivity index (χ3n) is 10.9. The number of non-ortho nitro benzene ring substituents is 1. The molecule has 0 saturated carbocycles. The summed E-state index contributed by atoms with van der Waals surface area (Å²) in [5.74, 6) is -1.52. The van der Waals surface area contributed by atoms with Gasteiger partial charge in [-0.2, -0.15) is 0 Å². The molecule has 0 bridgehead atoms. The summed E-state index contributed by atoms with van der Waals surface area (Å²) in [6, 6.07) is 4.43. The number of likely N-dealkylation sites (N-methyl/N-ethyl adjacent to an activating group) is 3. The van der Waals surface area contributed by atoms with E-state index in [9.17, 15) is 29.3 Å². The molecule has 2 rings (SSSR count). The lowest BCUT2D eigenvalue weighted by atomic mass is 9.89. The molecule has 0 spiro atoms. The molecule has 0 unspecified atom stereocenters. The Morgan fingerprint density at radius 1 is 1.02 bits per heavy atom. The van der Waals surface area contributed by atoms with Crippen LogP contribution in [0.15, 0.2) is 24.3 Å². The van der Waals surface area contributed by atoms with Gasteiger partial charge in [0.2, 0.25) is 23.6 Å². The standard InChI is InChI=1S/C38H64N6O8/c1-13-25(4)34(42(10)38(48)33(24(2)3)39-36(46)27(6)40(7)8)31(51-11)23-32(45)43-20-15-18-30(43)35(52-12)26(5)37(47)41(9)21-19-28-16-14-17-29(22-28)44(49)50/h14,16-17,22,24-27,30-31,33-35H,13,15,18-21,23H2,1-12H3,(H,39,46)/t25-,26+,27-,30-,31+,33-,34-,35+/m0/s1. The van der Waals surface area contributed by atoms with Crippen molar-refractivity contribution in [2.75, 3.05) is 55.5 Å². The van der Waals surface area contributed by atoms with E-state index in [1.165, 1.54) is 12.1 Å². The van der Waals surface area contributed by atoms with Gasteiger partial charge in [-0.3, -0.25) is 34.2 Å². The van der Waals surface area contributed by atoms with Gasteiger partial charge >= 0.3 is 0 Å². The van der Waals surface area contributed by atoms with Gasteiger partial charge in [0, 0.05) is 53.5 Å². The van der Waals surface area contributed by atoms with Crippen LogP contribution in [0.2, 0.25) is 0 Å². The number of carbonyl (C=O) groups excluding carboxylic acids is 4. The number of methoxy groups -OCH3 is 2. The Hall–Kier alpha value is -3.62. The van der Waals surface area contributed by atoms with Gasteiger partial charge in [0.1, 0.15) is 6.04 Å². The molecule has 14 heteroatoms. The molecule has 1 aromatic carbocycles. The molecule has 294 valence electrons. The summed E-state index contributed by atoms with van der Waals surface area (Å²) in [6.07, 6.45) is 1.46. The minimum Gasteiger partial charge on any atom is -0.379 e. The Labute approximate surface area is 310 Å². The minimum absolute atomic E-state index is 0.00763. The third kappa shape index (κ3) is 11.4. The topological polar surface area (TPSA) is 155 Å². The van der Waals surface area contributed by atoms with Crippen molar-refractivity contribution in [3.8, 4) is 0 Å². The summed E-state index contributed by atoms with van der Waals surface area (Å²) >= 11 is 0. The molecular formula is C38H64N6O8. The van der Waals surface area contributed by atoms with E-state index >= 15 is 0 Å². The minimum atomic E-state index is -0.756. The molecule has 1 aliphatic rings. The van der Waals surface area contributed by atoms with Gasteiger partial charge in [-0.15, -0.1) is 0 Å². The van der Waals surface area contributed by atoms with Crippen LogP contribution in [0.25, 0.3) is 0 Å². The molecule has 4 amide bonds. The van der Waals surface area contributed by atoms with Gasteiger partial charge in [0.25, 0.3) is 5.69 Å². The van der Waals surface area contributed by atoms with Crippen LogP contribution in [0.5, 0.6) is 0 Å². The second-order valence-electron chi connectivity index (χ2n) is 14.9. The van der Waals surface area contributed by atoms with E-state index in [2.05, 4.69) is 5.32 Å². The fourth-order valence-electron chi connectivity index (χ4n) is 7.12. The van der Waals surface area contributed by atoms with Crippen molar-refractivity contribution in [3.05, 3.63) is 39.9 Å². The highest BCUT2D eigenvalue weighted by Gasteiger charge is 2.43. The number of hydrogen-bond donors (Lipinski definition) is 1. The van der Waals surface area contributed by atoms with Crippen LogP contribution in [0, 0.1) is 27.9 Å². The van der Waals surface area contributed by atoms with E-state index in [4.69, 9.17) is 9.47 Å². The molecule has 1 saturated heterocycles. The number of amides is 4. The Kier molecular flexibility index (Phi) is 17.6. The van der Waals surface area contributed by atoms with Crippen LogP contribution in [-0.2, 0) is 35.1 Å². The average molecular weight is 733 g/mol. The number of nitro groups is 1. The summed E-state index contributed by atoms with van der Waals surface area (Å²) in [5.41, 5.74) is 0.768. The van der Waals surface area contributed by atoms with E-state index in [0.29, 0.717) is 25.9 Å². The zero-order chi connectivity index (χ0) is 39.4. The molecule has 1 heterocycles. The molecule has 1 aromatic rings. The predicted molar refractivity (Wildman–Crippen MR) is 200 cm³/mol. The number of nitro benzene ring substituents is 1. The van der Waals surface area contributed by atoms with Crippen LogP contribution in [-0.4, -0.2) is 140 Å². The number of carbonyl (C=O) groups is 4. The van der Waals surface area contributed by atoms with Crippen molar-refractivity contribution >= 4 is 29.3 Å². The predicted octanol–water partition coefficient (Wildman–Crippen LogP) is 3.61. The van der Waals surface area contributed by atoms with Crippen LogP contribution in [0.3, 0.4) is 0 Å². The van der Waals surface area contributed by atoms with E-state index in [1.807, 2.05) is 48.7 Å². The molecule has 0 radical (unpaired) electrons. The van der Waals surface area contributed by atoms with E-state index < -0.39 is 41.2 Å². The lowest BCUT2D eigenvalue weighted by molar-refractivity contribution is -0.384. The average Bonchev–Trinajstić information content (AvgIpc) is 3.60. The molecule has 0 aliphatic carbocycles. The lowest BCUT2D eigenvalue weighted by Gasteiger charge is -2.41. The molecule has 8 atom stereocenters. The normalized spacial score (nSPS) is 18.7. The Bertz CT molecular complexity index is 1360. The fourth-order valence-corrected chi connectivity index (χ4v) is 7.12. The quantitative estimate of drug-likeness (QED) is 0.156. The van der Waals surface area contributed by atoms with Crippen LogP contribution < -0.4 is 5.32 Å². The van der Waals surface area contributed by atoms with E-state index in [1.54, 1.807) is 67.0 Å². The zero-order valence-electron chi connectivity index (χ0n) is 33.5. The van der Waals surface area contributed by atoms with Crippen LogP contribution in [0.1, 0.15) is 72.8 Å². The van der Waals surface area contributed by atoms with Crippen molar-refractivity contribution < 1.29 is 33.6 Å². The maximum Gasteiger partial charge on any atom is 0.269 e. The van der Waals surface area contributed by atoms with E-state index in [0.717, 1.165) is 18.4 Å². The number of benzene rings is 1. The summed E-state index contributed by atoms with van der Waals surface area (Å²) < 4.78 is 11.9. The molecule has 1 fully saturated rings. The first kappa shape index (κ1) is 44.5. The highest BCUT2D eigenvalue weighted by Crippen LogP contribution is 2.30. The smallest absolute Gasteiger partial charge is 0.269 e. The molecule has 0 aromatic heterocycles. The molecule has 1 N–H and O–H groups in total. The maximum atomic E-state index is 14.1. The van der Waals surface area contributed by atoms with Crippen molar-refractivity contribution in [3.63, 3.8) is 0 Å². The summed E-state index contributed by atoms with van der Waals surface area (Å²) in [4.78, 5) is 72.3. The SMILES string of the molecule is CC[C@H](C)[C@@H]([C@@H](CC(=O)N1CCC[C@H]1[C@H](OC)[C@@H](C)C(=O)N(C)CCc1cccc([N+](=O)[O-])c1)OC)N(C)C(=O)[C@@H](NC(=O)[C@H](C)N(C)C)C(C)C. The van der Waals surface area contributed by atoms with Crippen LogP contribution in [0.4, 0.5) is 5.69 Å². The number of hydrogen-bond acceptors (Lipinski definition) is 9. The van der Waals surface area contributed by atoms with E-state index in [-0.39, 0.29) is 53.6 Å². The summed E-state index contributed by atoms with van der Waals surface area (Å²) in [5, 5.41) is 14.1. The summed E-state index contributed by atoms with van der Waals surface area (Å²) in [7, 11) is 10.1. The van der Waals surface area contributed by atoms with Gasteiger partial charge in [-0.1, -0.05) is 53.2 Å². The first-order valence-electron chi connectivity index (χ1n) is 18.5. The highest BCUT2D eigenvalue weighted by atomic mass is 16.6. The Morgan fingerprint density at radius 3 is 2.21 bits per heavy atom. The second kappa shape index (κ2) is 20.6. The molecule has 52 heavy (non-hydrogen) atoms. The van der Waals surface area contributed by atoms with Gasteiger partial charge in [0.05, 0.1) is 47.6 Å². The number of rotatable bonds is 20. The van der Waals surface area contributed by atoms with Gasteiger partial charge in [-0.05, 0) is 57.7 Å². The molecular weight excluding hydrogens is 668 g/mol. The first-order valence-corrected chi connectivity index (χ1v) is 18.5. The van der Waals surface area contributed by atoms with Crippen molar-refractivity contribution in [1.82, 2.24) is 24.9 Å². The van der Waals surface area contributed by atoms with Crippen molar-refractivity contribution in [2.24, 2.45) is 17.8 Å². The number of ether oxygens (including phenoxy) is 2. The third-order valence-corrected chi connectivity index (χ3v) is 10.9. The number of nitrogens with one attached hydrogen (secondary N) is 1. The zero-order valence-corrected chi connectivity index (χ0v) is 33.5. The van der Waals surface area contributed by atoms with Crippen molar-refractivity contribution in [2.45, 2.75) is 110 Å². The molecule has 14 nitrogen and oxygen atoms in total. The van der Waals surface area contributed by atoms with Crippen molar-refractivity contribution in [1.29, 1.82) is 0 Å². The monoisotopic (exact) mass is 732 g/mol. The number of nitrogens with zero attached hydrogens (tertiary/aromatic N) is 5. The van der Waals surface area contributed by atoms with Gasteiger partial charge < -0.3 is 29.5 Å². The lowest BCUT2D eigenvalue weighted by Crippen LogP contribution is -2.59. The summed E-state index contributed by atoms with van der Waals surface area (Å²) in [6.45, 7) is 12.3. The number of likely N-dealkylation sites (tertiary alicyclic amines) is 1. The molecule has 1 aliphatic heterocycles. The van der Waals surface area contributed by atoms with Crippen LogP contribution >= 0.6 is 0 Å². The first-order chi connectivity index (χ1) is 24.4. The maximum absolute atomic E-state index is 14.1. The van der Waals surface area contributed by atoms with Gasteiger partial charge in [-0.25, -0.2) is 0 Å². The Balaban J connectivity index is 2.22.